The number of oxime groups is 1. The van der Waals surface area contributed by atoms with Crippen LogP contribution in [-0.4, -0.2) is 59.0 Å². The van der Waals surface area contributed by atoms with Crippen LogP contribution in [0, 0.1) is 0 Å². The molecular weight excluding hydrogens is 460 g/mol. The molecular formula is C25H37ClN2O6. The van der Waals surface area contributed by atoms with Crippen molar-refractivity contribution in [3.05, 3.63) is 34.4 Å². The van der Waals surface area contributed by atoms with Gasteiger partial charge in [-0.1, -0.05) is 56.9 Å². The first-order valence-corrected chi connectivity index (χ1v) is 12.2. The van der Waals surface area contributed by atoms with Crippen molar-refractivity contribution in [2.24, 2.45) is 5.16 Å². The summed E-state index contributed by atoms with van der Waals surface area (Å²) in [6.07, 6.45) is 7.55. The summed E-state index contributed by atoms with van der Waals surface area (Å²) >= 11 is 6.30. The first-order valence-electron chi connectivity index (χ1n) is 11.8. The maximum atomic E-state index is 12.6. The number of hydrogen-bond donors (Lipinski definition) is 2. The van der Waals surface area contributed by atoms with Crippen molar-refractivity contribution in [2.75, 3.05) is 26.3 Å². The summed E-state index contributed by atoms with van der Waals surface area (Å²) in [6, 6.07) is 1.00. The van der Waals surface area contributed by atoms with Crippen LogP contribution < -0.4 is 0 Å². The number of unbranched alkanes of at least 4 members (excludes halogenated alkanes) is 1. The minimum Gasteiger partial charge on any atom is -0.507 e. The Morgan fingerprint density at radius 3 is 2.32 bits per heavy atom. The number of benzene rings is 1. The van der Waals surface area contributed by atoms with Crippen LogP contribution in [0.15, 0.2) is 23.4 Å². The van der Waals surface area contributed by atoms with Crippen LogP contribution in [0.1, 0.15) is 75.7 Å². The van der Waals surface area contributed by atoms with Gasteiger partial charge in [-0.15, -0.1) is 0 Å². The number of phenols is 2. The number of allylic oxidation sites excluding steroid dienone is 2. The number of phenolic OH excluding ortho intramolecular Hbond substituents is 2. The van der Waals surface area contributed by atoms with Crippen molar-refractivity contribution >= 4 is 29.2 Å². The van der Waals surface area contributed by atoms with Gasteiger partial charge in [0, 0.05) is 25.6 Å². The number of carbonyl (C=O) groups excluding carboxylic acids is 2. The monoisotopic (exact) mass is 496 g/mol. The zero-order valence-electron chi connectivity index (χ0n) is 20.6. The van der Waals surface area contributed by atoms with Crippen LogP contribution in [0.5, 0.6) is 11.5 Å². The molecule has 9 heteroatoms. The molecule has 0 atom stereocenters. The Kier molecular flexibility index (Phi) is 13.8. The predicted molar refractivity (Wildman–Crippen MR) is 134 cm³/mol. The average Bonchev–Trinajstić information content (AvgIpc) is 2.80. The normalized spacial score (nSPS) is 11.6. The van der Waals surface area contributed by atoms with Gasteiger partial charge in [0.15, 0.2) is 6.61 Å². The van der Waals surface area contributed by atoms with E-state index >= 15 is 0 Å². The number of nitrogens with zero attached hydrogens (tertiary/aromatic N) is 2. The smallest absolute Gasteiger partial charge is 0.342 e. The number of amides is 1. The summed E-state index contributed by atoms with van der Waals surface area (Å²) in [5.74, 6) is -1.73. The standard InChI is InChI=1S/C25H37ClN2O6/c1-5-9-10-11-18(27-34-17-22(31)28(12-6-2)13-7-3)15-19-23(25(32)33-14-8-4)20(29)16-21(30)24(19)26/h10-11,16,29-30H,5-9,12-15,17H2,1-4H3/b11-10+,27-18-. The lowest BCUT2D eigenvalue weighted by molar-refractivity contribution is -0.136. The van der Waals surface area contributed by atoms with E-state index in [0.29, 0.717) is 25.2 Å². The fourth-order valence-electron chi connectivity index (χ4n) is 3.20. The molecule has 0 fully saturated rings. The summed E-state index contributed by atoms with van der Waals surface area (Å²) in [4.78, 5) is 32.2. The van der Waals surface area contributed by atoms with E-state index in [2.05, 4.69) is 5.16 Å². The molecule has 0 aliphatic heterocycles. The molecule has 0 spiro atoms. The third kappa shape index (κ3) is 9.25. The van der Waals surface area contributed by atoms with Crippen molar-refractivity contribution < 1.29 is 29.4 Å². The molecule has 1 amide bonds. The second-order valence-electron chi connectivity index (χ2n) is 7.82. The van der Waals surface area contributed by atoms with Gasteiger partial charge < -0.3 is 24.7 Å². The van der Waals surface area contributed by atoms with Gasteiger partial charge in [-0.05, 0) is 37.3 Å². The molecule has 8 nitrogen and oxygen atoms in total. The highest BCUT2D eigenvalue weighted by Crippen LogP contribution is 2.37. The van der Waals surface area contributed by atoms with Gasteiger partial charge in [0.25, 0.3) is 5.91 Å². The molecule has 0 unspecified atom stereocenters. The minimum atomic E-state index is -0.751. The van der Waals surface area contributed by atoms with Crippen molar-refractivity contribution in [1.29, 1.82) is 0 Å². The maximum absolute atomic E-state index is 12.6. The fraction of sp³-hybridized carbons (Fsp3) is 0.560. The van der Waals surface area contributed by atoms with Crippen LogP contribution in [0.2, 0.25) is 5.02 Å². The number of aromatic hydroxyl groups is 2. The number of rotatable bonds is 15. The van der Waals surface area contributed by atoms with Crippen LogP contribution in [0.4, 0.5) is 0 Å². The quantitative estimate of drug-likeness (QED) is 0.195. The van der Waals surface area contributed by atoms with E-state index in [9.17, 15) is 19.8 Å². The zero-order valence-corrected chi connectivity index (χ0v) is 21.4. The van der Waals surface area contributed by atoms with E-state index in [1.54, 1.807) is 11.0 Å². The van der Waals surface area contributed by atoms with Crippen LogP contribution in [0.25, 0.3) is 0 Å². The molecule has 0 radical (unpaired) electrons. The van der Waals surface area contributed by atoms with Gasteiger partial charge in [0.05, 0.1) is 17.3 Å². The van der Waals surface area contributed by atoms with E-state index in [1.807, 2.05) is 33.8 Å². The highest BCUT2D eigenvalue weighted by atomic mass is 35.5. The van der Waals surface area contributed by atoms with E-state index in [-0.39, 0.29) is 47.4 Å². The van der Waals surface area contributed by atoms with Crippen LogP contribution in [0.3, 0.4) is 0 Å². The number of hydrogen-bond acceptors (Lipinski definition) is 7. The number of carbonyl (C=O) groups is 2. The Morgan fingerprint density at radius 1 is 1.06 bits per heavy atom. The Bertz CT molecular complexity index is 863. The minimum absolute atomic E-state index is 0.0284. The van der Waals surface area contributed by atoms with Gasteiger partial charge >= 0.3 is 5.97 Å². The molecule has 0 aliphatic rings. The molecule has 0 bridgehead atoms. The van der Waals surface area contributed by atoms with E-state index in [4.69, 9.17) is 21.2 Å². The van der Waals surface area contributed by atoms with Crippen molar-refractivity contribution in [2.45, 2.75) is 66.2 Å². The third-order valence-corrected chi connectivity index (χ3v) is 5.22. The summed E-state index contributed by atoms with van der Waals surface area (Å²) in [7, 11) is 0. The number of esters is 1. The molecule has 0 heterocycles. The Hall–Kier alpha value is -2.74. The van der Waals surface area contributed by atoms with Crippen LogP contribution >= 0.6 is 11.6 Å². The summed E-state index contributed by atoms with van der Waals surface area (Å²) < 4.78 is 5.18. The van der Waals surface area contributed by atoms with Gasteiger partial charge in [-0.25, -0.2) is 4.79 Å². The largest absolute Gasteiger partial charge is 0.507 e. The fourth-order valence-corrected chi connectivity index (χ4v) is 3.41. The molecule has 190 valence electrons. The van der Waals surface area contributed by atoms with Gasteiger partial charge in [-0.3, -0.25) is 4.79 Å². The lowest BCUT2D eigenvalue weighted by atomic mass is 9.99. The molecule has 0 saturated carbocycles. The Morgan fingerprint density at radius 2 is 1.74 bits per heavy atom. The maximum Gasteiger partial charge on any atom is 0.342 e. The molecule has 2 N–H and O–H groups in total. The van der Waals surface area contributed by atoms with Crippen LogP contribution in [-0.2, 0) is 20.8 Å². The second-order valence-corrected chi connectivity index (χ2v) is 8.20. The number of ether oxygens (including phenoxy) is 1. The molecule has 0 saturated heterocycles. The second kappa shape index (κ2) is 16.0. The number of halogens is 1. The average molecular weight is 497 g/mol. The lowest BCUT2D eigenvalue weighted by Gasteiger charge is -2.20. The molecule has 1 aromatic rings. The Labute approximate surface area is 207 Å². The van der Waals surface area contributed by atoms with Gasteiger partial charge in [0.1, 0.15) is 17.1 Å². The Balaban J connectivity index is 3.22. The molecule has 0 aromatic heterocycles. The molecule has 1 aromatic carbocycles. The predicted octanol–water partition coefficient (Wildman–Crippen LogP) is 5.24. The van der Waals surface area contributed by atoms with E-state index in [0.717, 1.165) is 31.7 Å². The SMILES string of the molecule is CCC/C=C/C(Cc1c(Cl)c(O)cc(O)c1C(=O)OCCC)=N/OCC(=O)N(CCC)CCC. The molecule has 1 rings (SSSR count). The summed E-state index contributed by atoms with van der Waals surface area (Å²) in [6.45, 7) is 9.11. The first-order chi connectivity index (χ1) is 16.3. The summed E-state index contributed by atoms with van der Waals surface area (Å²) in [5.41, 5.74) is 0.393. The van der Waals surface area contributed by atoms with E-state index < -0.39 is 11.7 Å². The van der Waals surface area contributed by atoms with Crippen molar-refractivity contribution in [3.63, 3.8) is 0 Å². The highest BCUT2D eigenvalue weighted by molar-refractivity contribution is 6.33. The lowest BCUT2D eigenvalue weighted by Crippen LogP contribution is -2.35. The molecule has 0 aliphatic carbocycles. The third-order valence-electron chi connectivity index (χ3n) is 4.80. The van der Waals surface area contributed by atoms with Crippen molar-refractivity contribution in [3.8, 4) is 11.5 Å². The van der Waals surface area contributed by atoms with Crippen molar-refractivity contribution in [1.82, 2.24) is 4.90 Å². The zero-order chi connectivity index (χ0) is 25.5. The highest BCUT2D eigenvalue weighted by Gasteiger charge is 2.24. The van der Waals surface area contributed by atoms with Gasteiger partial charge in [0.2, 0.25) is 0 Å². The van der Waals surface area contributed by atoms with E-state index in [1.165, 1.54) is 0 Å². The first kappa shape index (κ1) is 29.3. The topological polar surface area (TPSA) is 109 Å². The molecule has 34 heavy (non-hydrogen) atoms. The van der Waals surface area contributed by atoms with Gasteiger partial charge in [-0.2, -0.15) is 0 Å². The summed E-state index contributed by atoms with van der Waals surface area (Å²) in [5, 5.41) is 24.5.